The average Bonchev–Trinajstić information content (AvgIpc) is 3.25. The number of benzene rings is 1. The number of amides is 2. The van der Waals surface area contributed by atoms with Crippen molar-refractivity contribution in [2.24, 2.45) is 11.3 Å². The summed E-state index contributed by atoms with van der Waals surface area (Å²) in [6, 6.07) is 7.68. The maximum atomic E-state index is 12.5. The van der Waals surface area contributed by atoms with Gasteiger partial charge in [0.05, 0.1) is 23.8 Å². The molecule has 2 aliphatic rings. The number of anilines is 1. The van der Waals surface area contributed by atoms with Crippen molar-refractivity contribution in [1.82, 2.24) is 20.2 Å². The van der Waals surface area contributed by atoms with E-state index < -0.39 is 5.97 Å². The Morgan fingerprint density at radius 2 is 1.97 bits per heavy atom. The van der Waals surface area contributed by atoms with Crippen molar-refractivity contribution in [3.8, 4) is 0 Å². The van der Waals surface area contributed by atoms with Gasteiger partial charge < -0.3 is 20.2 Å². The highest BCUT2D eigenvalue weighted by Crippen LogP contribution is 2.46. The van der Waals surface area contributed by atoms with Crippen molar-refractivity contribution in [3.63, 3.8) is 0 Å². The van der Waals surface area contributed by atoms with Gasteiger partial charge >= 0.3 is 5.97 Å². The number of carboxylic acids is 1. The number of aromatic nitrogens is 2. The molecule has 9 nitrogen and oxygen atoms in total. The Bertz CT molecular complexity index is 996. The zero-order chi connectivity index (χ0) is 21.3. The third kappa shape index (κ3) is 3.92. The molecule has 2 aliphatic heterocycles. The number of hydrogen-bond donors (Lipinski definition) is 2. The normalized spacial score (nSPS) is 22.9. The highest BCUT2D eigenvalue weighted by molar-refractivity contribution is 5.84. The minimum atomic E-state index is -0.838. The molecule has 30 heavy (non-hydrogen) atoms. The van der Waals surface area contributed by atoms with Gasteiger partial charge in [-0.2, -0.15) is 0 Å². The molecule has 2 amide bonds. The number of fused-ring (bicyclic) bond motifs is 2. The van der Waals surface area contributed by atoms with E-state index in [0.717, 1.165) is 16.9 Å². The van der Waals surface area contributed by atoms with E-state index in [1.54, 1.807) is 11.1 Å². The van der Waals surface area contributed by atoms with Crippen LogP contribution < -0.4 is 10.2 Å². The third-order valence-corrected chi connectivity index (χ3v) is 6.20. The Labute approximate surface area is 174 Å². The molecular weight excluding hydrogens is 386 g/mol. The van der Waals surface area contributed by atoms with Crippen LogP contribution >= 0.6 is 0 Å². The van der Waals surface area contributed by atoms with Crippen LogP contribution in [-0.4, -0.2) is 70.5 Å². The SMILES string of the molecule is CC(=O)NCC(=O)N1C[C@@H]2CN(c3cnc4ccccc4n3)C[C@]2(CCC(=O)O)C1. The summed E-state index contributed by atoms with van der Waals surface area (Å²) in [5.74, 6) is -0.300. The standard InChI is InChI=1S/C21H25N5O4/c1-14(27)22-9-19(28)26-11-15-10-25(12-21(15,13-26)7-6-20(29)30)18-8-23-16-4-2-3-5-17(16)24-18/h2-5,8,15H,6-7,9-13H2,1H3,(H,22,27)(H,29,30)/t15-,21+/m0/s1. The Morgan fingerprint density at radius 3 is 2.70 bits per heavy atom. The Morgan fingerprint density at radius 1 is 1.20 bits per heavy atom. The fourth-order valence-electron chi connectivity index (χ4n) is 4.67. The quantitative estimate of drug-likeness (QED) is 0.725. The molecule has 2 saturated heterocycles. The zero-order valence-electron chi connectivity index (χ0n) is 16.9. The summed E-state index contributed by atoms with van der Waals surface area (Å²) in [6.45, 7) is 3.70. The molecule has 158 valence electrons. The molecule has 2 N–H and O–H groups in total. The molecule has 4 rings (SSSR count). The van der Waals surface area contributed by atoms with E-state index in [1.165, 1.54) is 6.92 Å². The van der Waals surface area contributed by atoms with Gasteiger partial charge in [0.15, 0.2) is 0 Å². The molecule has 2 aromatic rings. The third-order valence-electron chi connectivity index (χ3n) is 6.20. The summed E-state index contributed by atoms with van der Waals surface area (Å²) >= 11 is 0. The molecule has 2 fully saturated rings. The minimum absolute atomic E-state index is 0.0308. The molecule has 0 spiro atoms. The van der Waals surface area contributed by atoms with Gasteiger partial charge in [0.2, 0.25) is 11.8 Å². The topological polar surface area (TPSA) is 116 Å². The number of carbonyl (C=O) groups is 3. The lowest BCUT2D eigenvalue weighted by atomic mass is 9.77. The molecule has 3 heterocycles. The largest absolute Gasteiger partial charge is 0.481 e. The van der Waals surface area contributed by atoms with Gasteiger partial charge in [-0.15, -0.1) is 0 Å². The average molecular weight is 411 g/mol. The number of nitrogens with one attached hydrogen (secondary N) is 1. The predicted molar refractivity (Wildman–Crippen MR) is 110 cm³/mol. The number of aliphatic carboxylic acids is 1. The van der Waals surface area contributed by atoms with Crippen LogP contribution in [0.3, 0.4) is 0 Å². The number of rotatable bonds is 6. The predicted octanol–water partition coefficient (Wildman–Crippen LogP) is 0.896. The minimum Gasteiger partial charge on any atom is -0.481 e. The summed E-state index contributed by atoms with van der Waals surface area (Å²) in [4.78, 5) is 48.1. The second-order valence-corrected chi connectivity index (χ2v) is 8.23. The maximum Gasteiger partial charge on any atom is 0.303 e. The first-order valence-corrected chi connectivity index (χ1v) is 10.1. The lowest BCUT2D eigenvalue weighted by Crippen LogP contribution is -2.41. The van der Waals surface area contributed by atoms with Crippen LogP contribution in [-0.2, 0) is 14.4 Å². The molecular formula is C21H25N5O4. The number of nitrogens with zero attached hydrogens (tertiary/aromatic N) is 4. The number of carbonyl (C=O) groups excluding carboxylic acids is 2. The number of para-hydroxylation sites is 2. The Hall–Kier alpha value is -3.23. The van der Waals surface area contributed by atoms with Gasteiger partial charge in [-0.25, -0.2) is 4.98 Å². The van der Waals surface area contributed by atoms with Crippen LogP contribution in [0.5, 0.6) is 0 Å². The molecule has 0 saturated carbocycles. The van der Waals surface area contributed by atoms with Gasteiger partial charge in [0.1, 0.15) is 5.82 Å². The fraction of sp³-hybridized carbons (Fsp3) is 0.476. The summed E-state index contributed by atoms with van der Waals surface area (Å²) < 4.78 is 0. The highest BCUT2D eigenvalue weighted by atomic mass is 16.4. The van der Waals surface area contributed by atoms with Crippen LogP contribution in [0.15, 0.2) is 30.5 Å². The molecule has 9 heteroatoms. The highest BCUT2D eigenvalue weighted by Gasteiger charge is 2.53. The van der Waals surface area contributed by atoms with Gasteiger partial charge in [-0.3, -0.25) is 19.4 Å². The molecule has 0 aliphatic carbocycles. The first-order chi connectivity index (χ1) is 14.4. The van der Waals surface area contributed by atoms with Crippen molar-refractivity contribution in [1.29, 1.82) is 0 Å². The van der Waals surface area contributed by atoms with Crippen LogP contribution in [0.25, 0.3) is 11.0 Å². The lowest BCUT2D eigenvalue weighted by Gasteiger charge is -2.29. The van der Waals surface area contributed by atoms with E-state index in [0.29, 0.717) is 32.6 Å². The van der Waals surface area contributed by atoms with E-state index in [-0.39, 0.29) is 36.1 Å². The van der Waals surface area contributed by atoms with Gasteiger partial charge in [-0.1, -0.05) is 12.1 Å². The first-order valence-electron chi connectivity index (χ1n) is 10.1. The van der Waals surface area contributed by atoms with E-state index in [9.17, 15) is 19.5 Å². The van der Waals surface area contributed by atoms with Crippen molar-refractivity contribution < 1.29 is 19.5 Å². The van der Waals surface area contributed by atoms with E-state index >= 15 is 0 Å². The number of hydrogen-bond acceptors (Lipinski definition) is 6. The molecule has 0 unspecified atom stereocenters. The second kappa shape index (κ2) is 7.89. The van der Waals surface area contributed by atoms with Crippen LogP contribution in [0.1, 0.15) is 19.8 Å². The lowest BCUT2D eigenvalue weighted by molar-refractivity contribution is -0.137. The molecule has 1 aromatic carbocycles. The van der Waals surface area contributed by atoms with Gasteiger partial charge in [0, 0.05) is 50.9 Å². The smallest absolute Gasteiger partial charge is 0.303 e. The van der Waals surface area contributed by atoms with E-state index in [1.807, 2.05) is 24.3 Å². The van der Waals surface area contributed by atoms with Crippen LogP contribution in [0.4, 0.5) is 5.82 Å². The first kappa shape index (κ1) is 20.1. The van der Waals surface area contributed by atoms with Crippen molar-refractivity contribution in [2.75, 3.05) is 37.6 Å². The van der Waals surface area contributed by atoms with E-state index in [4.69, 9.17) is 4.98 Å². The fourth-order valence-corrected chi connectivity index (χ4v) is 4.67. The summed E-state index contributed by atoms with van der Waals surface area (Å²) in [6.07, 6.45) is 2.31. The Kier molecular flexibility index (Phi) is 5.27. The zero-order valence-corrected chi connectivity index (χ0v) is 16.9. The summed E-state index contributed by atoms with van der Waals surface area (Å²) in [5.41, 5.74) is 1.34. The molecule has 1 aromatic heterocycles. The van der Waals surface area contributed by atoms with Crippen molar-refractivity contribution in [2.45, 2.75) is 19.8 Å². The second-order valence-electron chi connectivity index (χ2n) is 8.23. The van der Waals surface area contributed by atoms with Crippen LogP contribution in [0, 0.1) is 11.3 Å². The van der Waals surface area contributed by atoms with E-state index in [2.05, 4.69) is 15.2 Å². The molecule has 2 atom stereocenters. The number of likely N-dealkylation sites (tertiary alicyclic amines) is 1. The maximum absolute atomic E-state index is 12.5. The van der Waals surface area contributed by atoms with Gasteiger partial charge in [0.25, 0.3) is 0 Å². The van der Waals surface area contributed by atoms with Crippen LogP contribution in [0.2, 0.25) is 0 Å². The van der Waals surface area contributed by atoms with Gasteiger partial charge in [-0.05, 0) is 18.6 Å². The molecule has 0 radical (unpaired) electrons. The Balaban J connectivity index is 1.53. The molecule has 0 bridgehead atoms. The summed E-state index contributed by atoms with van der Waals surface area (Å²) in [5, 5.41) is 11.8. The van der Waals surface area contributed by atoms with Crippen molar-refractivity contribution >= 4 is 34.6 Å². The number of carboxylic acid groups (broad SMARTS) is 1. The van der Waals surface area contributed by atoms with Crippen molar-refractivity contribution in [3.05, 3.63) is 30.5 Å². The monoisotopic (exact) mass is 411 g/mol. The summed E-state index contributed by atoms with van der Waals surface area (Å²) in [7, 11) is 0.